The van der Waals surface area contributed by atoms with Gasteiger partial charge in [0.1, 0.15) is 11.6 Å². The van der Waals surface area contributed by atoms with Crippen molar-refractivity contribution in [1.82, 2.24) is 14.8 Å². The highest BCUT2D eigenvalue weighted by Crippen LogP contribution is 2.23. The molecular formula is C21H24N4O2S. The molecule has 1 aromatic heterocycles. The first-order valence-electron chi connectivity index (χ1n) is 9.36. The fraction of sp³-hybridized carbons (Fsp3) is 0.286. The Kier molecular flexibility index (Phi) is 7.08. The van der Waals surface area contributed by atoms with Crippen molar-refractivity contribution < 1.29 is 9.53 Å². The molecule has 0 atom stereocenters. The molecule has 0 unspecified atom stereocenters. The number of para-hydroxylation sites is 1. The van der Waals surface area contributed by atoms with E-state index < -0.39 is 0 Å². The maximum atomic E-state index is 12.2. The van der Waals surface area contributed by atoms with Crippen LogP contribution in [0.1, 0.15) is 26.1 Å². The quantitative estimate of drug-likeness (QED) is 0.545. The monoisotopic (exact) mass is 396 g/mol. The SMILES string of the molecule is CCOc1ccc(NC(=O)CCSc2nnc(CC)n2-c2ccccc2)cc1. The second-order valence-corrected chi connectivity index (χ2v) is 7.09. The van der Waals surface area contributed by atoms with Gasteiger partial charge in [-0.2, -0.15) is 0 Å². The van der Waals surface area contributed by atoms with Gasteiger partial charge >= 0.3 is 0 Å². The lowest BCUT2D eigenvalue weighted by Gasteiger charge is -2.09. The number of hydrogen-bond acceptors (Lipinski definition) is 5. The van der Waals surface area contributed by atoms with Gasteiger partial charge in [-0.15, -0.1) is 10.2 Å². The normalized spacial score (nSPS) is 10.6. The number of thioether (sulfide) groups is 1. The summed E-state index contributed by atoms with van der Waals surface area (Å²) in [6.07, 6.45) is 1.18. The maximum absolute atomic E-state index is 12.2. The van der Waals surface area contributed by atoms with Gasteiger partial charge in [0.05, 0.1) is 6.61 Å². The number of amides is 1. The van der Waals surface area contributed by atoms with E-state index >= 15 is 0 Å². The third-order valence-electron chi connectivity index (χ3n) is 4.04. The third kappa shape index (κ3) is 5.13. The van der Waals surface area contributed by atoms with Gasteiger partial charge < -0.3 is 10.1 Å². The van der Waals surface area contributed by atoms with Gasteiger partial charge in [0.2, 0.25) is 5.91 Å². The molecule has 0 radical (unpaired) electrons. The summed E-state index contributed by atoms with van der Waals surface area (Å²) in [5.74, 6) is 2.30. The molecule has 6 nitrogen and oxygen atoms in total. The fourth-order valence-electron chi connectivity index (χ4n) is 2.72. The summed E-state index contributed by atoms with van der Waals surface area (Å²) in [5.41, 5.74) is 1.80. The van der Waals surface area contributed by atoms with Crippen LogP contribution in [0.15, 0.2) is 59.8 Å². The Balaban J connectivity index is 1.56. The zero-order valence-electron chi connectivity index (χ0n) is 16.1. The topological polar surface area (TPSA) is 69.0 Å². The van der Waals surface area contributed by atoms with E-state index in [4.69, 9.17) is 4.74 Å². The summed E-state index contributed by atoms with van der Waals surface area (Å²) in [4.78, 5) is 12.2. The molecule has 3 rings (SSSR count). The van der Waals surface area contributed by atoms with Crippen LogP contribution in [-0.4, -0.2) is 33.0 Å². The Labute approximate surface area is 169 Å². The predicted octanol–water partition coefficient (Wildman–Crippen LogP) is 4.35. The van der Waals surface area contributed by atoms with Crippen molar-refractivity contribution in [3.8, 4) is 11.4 Å². The minimum atomic E-state index is -0.0295. The molecule has 2 aromatic carbocycles. The van der Waals surface area contributed by atoms with Crippen molar-refractivity contribution in [3.63, 3.8) is 0 Å². The molecule has 1 heterocycles. The van der Waals surface area contributed by atoms with Crippen molar-refractivity contribution in [2.45, 2.75) is 31.8 Å². The van der Waals surface area contributed by atoms with E-state index in [9.17, 15) is 4.79 Å². The van der Waals surface area contributed by atoms with Crippen LogP contribution < -0.4 is 10.1 Å². The molecule has 0 spiro atoms. The second kappa shape index (κ2) is 9.94. The fourth-order valence-corrected chi connectivity index (χ4v) is 3.63. The number of nitrogens with zero attached hydrogens (tertiary/aromatic N) is 3. The maximum Gasteiger partial charge on any atom is 0.225 e. The predicted molar refractivity (Wildman–Crippen MR) is 112 cm³/mol. The van der Waals surface area contributed by atoms with Crippen LogP contribution in [0.5, 0.6) is 5.75 Å². The summed E-state index contributed by atoms with van der Waals surface area (Å²) < 4.78 is 7.46. The lowest BCUT2D eigenvalue weighted by atomic mass is 10.3. The third-order valence-corrected chi connectivity index (χ3v) is 4.97. The zero-order chi connectivity index (χ0) is 19.8. The van der Waals surface area contributed by atoms with Gasteiger partial charge in [0, 0.05) is 30.0 Å². The molecule has 0 aliphatic carbocycles. The molecule has 0 bridgehead atoms. The first kappa shape index (κ1) is 19.9. The van der Waals surface area contributed by atoms with E-state index in [1.54, 1.807) is 0 Å². The second-order valence-electron chi connectivity index (χ2n) is 6.03. The molecule has 0 aliphatic rings. The summed E-state index contributed by atoms with van der Waals surface area (Å²) in [7, 11) is 0. The molecule has 1 amide bonds. The van der Waals surface area contributed by atoms with Crippen molar-refractivity contribution in [2.24, 2.45) is 0 Å². The number of benzene rings is 2. The molecule has 0 saturated carbocycles. The number of hydrogen-bond donors (Lipinski definition) is 1. The largest absolute Gasteiger partial charge is 0.494 e. The van der Waals surface area contributed by atoms with Crippen LogP contribution in [0.3, 0.4) is 0 Å². The van der Waals surface area contributed by atoms with Crippen LogP contribution in [0, 0.1) is 0 Å². The van der Waals surface area contributed by atoms with Crippen molar-refractivity contribution in [3.05, 3.63) is 60.4 Å². The first-order chi connectivity index (χ1) is 13.7. The van der Waals surface area contributed by atoms with E-state index in [-0.39, 0.29) is 5.91 Å². The number of carbonyl (C=O) groups is 1. The number of carbonyl (C=O) groups excluding carboxylic acids is 1. The summed E-state index contributed by atoms with van der Waals surface area (Å²) >= 11 is 1.53. The minimum Gasteiger partial charge on any atom is -0.494 e. The Morgan fingerprint density at radius 2 is 1.82 bits per heavy atom. The molecule has 0 saturated heterocycles. The number of anilines is 1. The number of rotatable bonds is 9. The van der Waals surface area contributed by atoms with Crippen molar-refractivity contribution in [1.29, 1.82) is 0 Å². The standard InChI is InChI=1S/C21H24N4O2S/c1-3-19-23-24-21(25(19)17-8-6-5-7-9-17)28-15-14-20(26)22-16-10-12-18(13-11-16)27-4-2/h5-13H,3-4,14-15H2,1-2H3,(H,22,26). The summed E-state index contributed by atoms with van der Waals surface area (Å²) in [5, 5.41) is 12.3. The van der Waals surface area contributed by atoms with E-state index in [2.05, 4.69) is 27.0 Å². The molecule has 146 valence electrons. The minimum absolute atomic E-state index is 0.0295. The number of aromatic nitrogens is 3. The highest BCUT2D eigenvalue weighted by Gasteiger charge is 2.13. The van der Waals surface area contributed by atoms with Crippen LogP contribution in [0.4, 0.5) is 5.69 Å². The van der Waals surface area contributed by atoms with E-state index in [1.165, 1.54) is 11.8 Å². The van der Waals surface area contributed by atoms with Gasteiger partial charge in [0.15, 0.2) is 5.16 Å². The van der Waals surface area contributed by atoms with E-state index in [0.717, 1.165) is 34.5 Å². The Morgan fingerprint density at radius 1 is 1.07 bits per heavy atom. The van der Waals surface area contributed by atoms with Crippen molar-refractivity contribution in [2.75, 3.05) is 17.7 Å². The lowest BCUT2D eigenvalue weighted by molar-refractivity contribution is -0.115. The van der Waals surface area contributed by atoms with Crippen molar-refractivity contribution >= 4 is 23.4 Å². The Bertz CT molecular complexity index is 895. The highest BCUT2D eigenvalue weighted by molar-refractivity contribution is 7.99. The highest BCUT2D eigenvalue weighted by atomic mass is 32.2. The van der Waals surface area contributed by atoms with Gasteiger partial charge in [-0.3, -0.25) is 9.36 Å². The van der Waals surface area contributed by atoms with Crippen LogP contribution in [-0.2, 0) is 11.2 Å². The van der Waals surface area contributed by atoms with Gasteiger partial charge in [-0.05, 0) is 43.3 Å². The van der Waals surface area contributed by atoms with E-state index in [1.807, 2.05) is 61.5 Å². The van der Waals surface area contributed by atoms with Crippen LogP contribution >= 0.6 is 11.8 Å². The molecule has 1 N–H and O–H groups in total. The van der Waals surface area contributed by atoms with Gasteiger partial charge in [-0.1, -0.05) is 36.9 Å². The average Bonchev–Trinajstić information content (AvgIpc) is 3.13. The number of ether oxygens (including phenoxy) is 1. The average molecular weight is 397 g/mol. The molecule has 28 heavy (non-hydrogen) atoms. The Hall–Kier alpha value is -2.80. The summed E-state index contributed by atoms with van der Waals surface area (Å²) in [6.45, 7) is 4.62. The Morgan fingerprint density at radius 3 is 2.50 bits per heavy atom. The molecule has 7 heteroatoms. The summed E-state index contributed by atoms with van der Waals surface area (Å²) in [6, 6.07) is 17.4. The molecule has 0 fully saturated rings. The van der Waals surface area contributed by atoms with E-state index in [0.29, 0.717) is 18.8 Å². The zero-order valence-corrected chi connectivity index (χ0v) is 16.9. The molecule has 3 aromatic rings. The molecular weight excluding hydrogens is 372 g/mol. The lowest BCUT2D eigenvalue weighted by Crippen LogP contribution is -2.12. The van der Waals surface area contributed by atoms with Crippen LogP contribution in [0.2, 0.25) is 0 Å². The van der Waals surface area contributed by atoms with Crippen LogP contribution in [0.25, 0.3) is 5.69 Å². The van der Waals surface area contributed by atoms with Gasteiger partial charge in [-0.25, -0.2) is 0 Å². The number of nitrogens with one attached hydrogen (secondary N) is 1. The smallest absolute Gasteiger partial charge is 0.225 e. The number of aryl methyl sites for hydroxylation is 1. The molecule has 0 aliphatic heterocycles. The first-order valence-corrected chi connectivity index (χ1v) is 10.3. The van der Waals surface area contributed by atoms with Gasteiger partial charge in [0.25, 0.3) is 0 Å².